The van der Waals surface area contributed by atoms with Crippen LogP contribution >= 0.6 is 11.6 Å². The van der Waals surface area contributed by atoms with Gasteiger partial charge in [-0.25, -0.2) is 0 Å². The molecule has 3 aromatic rings. The fourth-order valence-corrected chi connectivity index (χ4v) is 2.67. The molecule has 0 aliphatic rings. The van der Waals surface area contributed by atoms with Gasteiger partial charge >= 0.3 is 6.18 Å². The van der Waals surface area contributed by atoms with Crippen molar-refractivity contribution in [2.24, 2.45) is 0 Å². The minimum absolute atomic E-state index is 0.0237. The summed E-state index contributed by atoms with van der Waals surface area (Å²) < 4.78 is 51.2. The summed E-state index contributed by atoms with van der Waals surface area (Å²) in [5, 5.41) is 0.368. The largest absolute Gasteiger partial charge is 0.489 e. The lowest BCUT2D eigenvalue weighted by atomic mass is 10.0. The van der Waals surface area contributed by atoms with Gasteiger partial charge in [0.15, 0.2) is 0 Å². The van der Waals surface area contributed by atoms with E-state index in [1.807, 2.05) is 0 Å². The van der Waals surface area contributed by atoms with Crippen LogP contribution < -0.4 is 10.2 Å². The molecular formula is C20H14ClF3O3. The average Bonchev–Trinajstić information content (AvgIpc) is 2.60. The number of alkyl halides is 3. The standard InChI is InChI=1S/C20H14ClF3O3/c1-11(2)10-26-14-7-8-15-16(9-14)27-19(20(22,23)24)17(18(15)25)12-3-5-13(21)6-4-12/h3-9H,1,10H2,2H3. The van der Waals surface area contributed by atoms with Crippen molar-refractivity contribution in [2.45, 2.75) is 13.1 Å². The fraction of sp³-hybridized carbons (Fsp3) is 0.150. The number of hydrogen-bond acceptors (Lipinski definition) is 3. The zero-order valence-corrected chi connectivity index (χ0v) is 14.9. The summed E-state index contributed by atoms with van der Waals surface area (Å²) in [6.07, 6.45) is -4.85. The molecule has 0 spiro atoms. The van der Waals surface area contributed by atoms with Crippen molar-refractivity contribution in [2.75, 3.05) is 6.61 Å². The second-order valence-corrected chi connectivity index (χ2v) is 6.48. The second-order valence-electron chi connectivity index (χ2n) is 6.04. The maximum absolute atomic E-state index is 13.6. The Bertz CT molecular complexity index is 1070. The molecule has 0 bridgehead atoms. The molecule has 0 saturated heterocycles. The quantitative estimate of drug-likeness (QED) is 0.503. The van der Waals surface area contributed by atoms with E-state index in [1.165, 1.54) is 42.5 Å². The van der Waals surface area contributed by atoms with Crippen LogP contribution in [0, 0.1) is 0 Å². The van der Waals surface area contributed by atoms with Gasteiger partial charge in [0, 0.05) is 11.1 Å². The molecule has 7 heteroatoms. The molecule has 2 aromatic carbocycles. The molecule has 0 saturated carbocycles. The van der Waals surface area contributed by atoms with E-state index in [-0.39, 0.29) is 28.9 Å². The Kier molecular flexibility index (Phi) is 5.02. The van der Waals surface area contributed by atoms with E-state index in [9.17, 15) is 18.0 Å². The van der Waals surface area contributed by atoms with Crippen LogP contribution in [0.4, 0.5) is 13.2 Å². The van der Waals surface area contributed by atoms with Crippen LogP contribution in [0.15, 0.2) is 63.8 Å². The predicted molar refractivity (Wildman–Crippen MR) is 98.2 cm³/mol. The number of halogens is 4. The van der Waals surface area contributed by atoms with Crippen molar-refractivity contribution < 1.29 is 22.3 Å². The summed E-state index contributed by atoms with van der Waals surface area (Å²) >= 11 is 5.79. The van der Waals surface area contributed by atoms with E-state index < -0.39 is 22.9 Å². The van der Waals surface area contributed by atoms with E-state index in [1.54, 1.807) is 6.92 Å². The Morgan fingerprint density at radius 1 is 1.19 bits per heavy atom. The first-order valence-electron chi connectivity index (χ1n) is 7.88. The molecule has 0 N–H and O–H groups in total. The summed E-state index contributed by atoms with van der Waals surface area (Å²) in [6, 6.07) is 9.67. The molecule has 3 nitrogen and oxygen atoms in total. The first-order chi connectivity index (χ1) is 12.7. The number of rotatable bonds is 4. The van der Waals surface area contributed by atoms with E-state index >= 15 is 0 Å². The van der Waals surface area contributed by atoms with Gasteiger partial charge in [0.2, 0.25) is 11.2 Å². The van der Waals surface area contributed by atoms with E-state index in [0.717, 1.165) is 5.57 Å². The Labute approximate surface area is 157 Å². The summed E-state index contributed by atoms with van der Waals surface area (Å²) in [7, 11) is 0. The van der Waals surface area contributed by atoms with Gasteiger partial charge in [0.25, 0.3) is 0 Å². The topological polar surface area (TPSA) is 39.4 Å². The molecule has 1 aromatic heterocycles. The van der Waals surface area contributed by atoms with Crippen molar-refractivity contribution in [1.29, 1.82) is 0 Å². The van der Waals surface area contributed by atoms with Crippen LogP contribution in [0.2, 0.25) is 5.02 Å². The van der Waals surface area contributed by atoms with Crippen molar-refractivity contribution >= 4 is 22.6 Å². The first-order valence-corrected chi connectivity index (χ1v) is 8.26. The molecule has 0 unspecified atom stereocenters. The van der Waals surface area contributed by atoms with Crippen LogP contribution in [-0.4, -0.2) is 6.61 Å². The first kappa shape index (κ1) is 19.0. The monoisotopic (exact) mass is 394 g/mol. The molecule has 0 aliphatic carbocycles. The third-order valence-corrected chi connectivity index (χ3v) is 3.99. The lowest BCUT2D eigenvalue weighted by Crippen LogP contribution is -2.16. The normalized spacial score (nSPS) is 11.6. The maximum atomic E-state index is 13.6. The maximum Gasteiger partial charge on any atom is 0.450 e. The number of fused-ring (bicyclic) bond motifs is 1. The molecule has 140 valence electrons. The molecule has 3 rings (SSSR count). The molecule has 27 heavy (non-hydrogen) atoms. The van der Waals surface area contributed by atoms with Crippen molar-refractivity contribution in [3.05, 3.63) is 75.6 Å². The van der Waals surface area contributed by atoms with Gasteiger partial charge in [-0.2, -0.15) is 13.2 Å². The fourth-order valence-electron chi connectivity index (χ4n) is 2.55. The van der Waals surface area contributed by atoms with Gasteiger partial charge in [-0.1, -0.05) is 30.3 Å². The highest BCUT2D eigenvalue weighted by molar-refractivity contribution is 6.30. The number of ether oxygens (including phenoxy) is 1. The van der Waals surface area contributed by atoms with Crippen molar-refractivity contribution in [3.63, 3.8) is 0 Å². The SMILES string of the molecule is C=C(C)COc1ccc2c(=O)c(-c3ccc(Cl)cc3)c(C(F)(F)F)oc2c1. The van der Waals surface area contributed by atoms with Gasteiger partial charge < -0.3 is 9.15 Å². The van der Waals surface area contributed by atoms with Gasteiger partial charge in [0.05, 0.1) is 10.9 Å². The van der Waals surface area contributed by atoms with Crippen LogP contribution in [0.3, 0.4) is 0 Å². The highest BCUT2D eigenvalue weighted by Gasteiger charge is 2.39. The summed E-state index contributed by atoms with van der Waals surface area (Å²) in [6.45, 7) is 5.64. The van der Waals surface area contributed by atoms with Crippen molar-refractivity contribution in [1.82, 2.24) is 0 Å². The van der Waals surface area contributed by atoms with Gasteiger partial charge in [-0.15, -0.1) is 0 Å². The minimum Gasteiger partial charge on any atom is -0.489 e. The van der Waals surface area contributed by atoms with Crippen LogP contribution in [0.5, 0.6) is 5.75 Å². The molecular weight excluding hydrogens is 381 g/mol. The van der Waals surface area contributed by atoms with Crippen molar-refractivity contribution in [3.8, 4) is 16.9 Å². The summed E-state index contributed by atoms with van der Waals surface area (Å²) in [5.74, 6) is -1.08. The summed E-state index contributed by atoms with van der Waals surface area (Å²) in [4.78, 5) is 12.8. The number of benzene rings is 2. The Morgan fingerprint density at radius 3 is 2.44 bits per heavy atom. The smallest absolute Gasteiger partial charge is 0.450 e. The highest BCUT2D eigenvalue weighted by Crippen LogP contribution is 2.38. The molecule has 0 amide bonds. The third kappa shape index (κ3) is 4.01. The second kappa shape index (κ2) is 7.12. The Balaban J connectivity index is 2.24. The third-order valence-electron chi connectivity index (χ3n) is 3.74. The van der Waals surface area contributed by atoms with Crippen LogP contribution in [0.25, 0.3) is 22.1 Å². The van der Waals surface area contributed by atoms with Gasteiger partial charge in [-0.3, -0.25) is 4.79 Å². The zero-order valence-electron chi connectivity index (χ0n) is 14.2. The van der Waals surface area contributed by atoms with Gasteiger partial charge in [0.1, 0.15) is 17.9 Å². The lowest BCUT2D eigenvalue weighted by Gasteiger charge is -2.13. The summed E-state index contributed by atoms with van der Waals surface area (Å²) in [5.41, 5.74) is -0.723. The predicted octanol–water partition coefficient (Wildman–Crippen LogP) is 6.09. The highest BCUT2D eigenvalue weighted by atomic mass is 35.5. The Morgan fingerprint density at radius 2 is 1.85 bits per heavy atom. The molecule has 0 atom stereocenters. The van der Waals surface area contributed by atoms with Crippen LogP contribution in [-0.2, 0) is 6.18 Å². The van der Waals surface area contributed by atoms with Crippen LogP contribution in [0.1, 0.15) is 12.7 Å². The molecule has 0 aliphatic heterocycles. The van der Waals surface area contributed by atoms with Gasteiger partial charge in [-0.05, 0) is 42.3 Å². The van der Waals surface area contributed by atoms with E-state index in [0.29, 0.717) is 5.02 Å². The molecule has 0 radical (unpaired) electrons. The van der Waals surface area contributed by atoms with E-state index in [4.69, 9.17) is 20.8 Å². The van der Waals surface area contributed by atoms with E-state index in [2.05, 4.69) is 6.58 Å². The molecule has 1 heterocycles. The lowest BCUT2D eigenvalue weighted by molar-refractivity contribution is -0.152. The Hall–Kier alpha value is -2.73. The molecule has 0 fully saturated rings. The average molecular weight is 395 g/mol. The number of hydrogen-bond donors (Lipinski definition) is 0. The minimum atomic E-state index is -4.85. The zero-order chi connectivity index (χ0) is 19.8.